The number of amides is 2. The lowest BCUT2D eigenvalue weighted by Crippen LogP contribution is -2.46. The molecule has 0 spiro atoms. The van der Waals surface area contributed by atoms with Crippen LogP contribution < -0.4 is 5.32 Å². The minimum absolute atomic E-state index is 0.0750. The van der Waals surface area contributed by atoms with Gasteiger partial charge in [-0.25, -0.2) is 18.4 Å². The monoisotopic (exact) mass is 336 g/mol. The number of alkyl halides is 2. The summed E-state index contributed by atoms with van der Waals surface area (Å²) < 4.78 is 31.7. The lowest BCUT2D eigenvalue weighted by Gasteiger charge is -2.28. The molecule has 1 aliphatic rings. The van der Waals surface area contributed by atoms with Gasteiger partial charge in [0.15, 0.2) is 0 Å². The van der Waals surface area contributed by atoms with Crippen LogP contribution in [-0.4, -0.2) is 59.8 Å². The highest BCUT2D eigenvalue weighted by molar-refractivity contribution is 5.68. The minimum Gasteiger partial charge on any atom is -0.465 e. The Kier molecular flexibility index (Phi) is 6.58. The van der Waals surface area contributed by atoms with Crippen LogP contribution in [0.25, 0.3) is 0 Å². The average molecular weight is 336 g/mol. The van der Waals surface area contributed by atoms with E-state index >= 15 is 0 Å². The predicted octanol–water partition coefficient (Wildman–Crippen LogP) is 2.97. The third-order valence-corrected chi connectivity index (χ3v) is 3.65. The first kappa shape index (κ1) is 19.4. The van der Waals surface area contributed by atoms with Crippen molar-refractivity contribution in [3.05, 3.63) is 0 Å². The van der Waals surface area contributed by atoms with Crippen molar-refractivity contribution < 1.29 is 28.2 Å². The summed E-state index contributed by atoms with van der Waals surface area (Å²) in [7, 11) is 1.50. The molecule has 0 radical (unpaired) electrons. The van der Waals surface area contributed by atoms with Crippen LogP contribution in [0.5, 0.6) is 0 Å². The van der Waals surface area contributed by atoms with Crippen LogP contribution in [0.4, 0.5) is 18.4 Å². The first-order valence-corrected chi connectivity index (χ1v) is 7.69. The molecule has 6 nitrogen and oxygen atoms in total. The fraction of sp³-hybridized carbons (Fsp3) is 0.867. The maximum atomic E-state index is 13.3. The Labute approximate surface area is 135 Å². The summed E-state index contributed by atoms with van der Waals surface area (Å²) in [5.74, 6) is -0.246. The summed E-state index contributed by atoms with van der Waals surface area (Å²) in [5, 5.41) is 11.2. The van der Waals surface area contributed by atoms with Crippen LogP contribution in [0.3, 0.4) is 0 Å². The molecule has 8 heteroatoms. The summed E-state index contributed by atoms with van der Waals surface area (Å²) in [4.78, 5) is 24.1. The van der Waals surface area contributed by atoms with Crippen molar-refractivity contribution in [3.8, 4) is 0 Å². The molecule has 1 saturated carbocycles. The van der Waals surface area contributed by atoms with Crippen LogP contribution in [0.2, 0.25) is 0 Å². The molecule has 0 saturated heterocycles. The maximum absolute atomic E-state index is 13.3. The van der Waals surface area contributed by atoms with E-state index in [1.54, 1.807) is 20.8 Å². The summed E-state index contributed by atoms with van der Waals surface area (Å²) in [6.07, 6.45) is -4.36. The van der Waals surface area contributed by atoms with Crippen molar-refractivity contribution in [1.82, 2.24) is 10.2 Å². The molecule has 0 heterocycles. The second-order valence-corrected chi connectivity index (χ2v) is 7.11. The first-order valence-electron chi connectivity index (χ1n) is 7.69. The highest BCUT2D eigenvalue weighted by Gasteiger charge is 2.36. The highest BCUT2D eigenvalue weighted by Crippen LogP contribution is 2.33. The standard InChI is InChI=1S/C15H26F2N2O4/c1-15(2,3)23-14(22)19(4)8-10(18-13(20)21)5-9-6-11(16)12(17)7-9/h9-12,18H,5-8H2,1-4H3,(H,20,21)/t9-,10-,11+,12-/m0/s1. The molecule has 1 fully saturated rings. The summed E-state index contributed by atoms with van der Waals surface area (Å²) in [6, 6.07) is -0.604. The Morgan fingerprint density at radius 3 is 2.26 bits per heavy atom. The number of carboxylic acid groups (broad SMARTS) is 1. The van der Waals surface area contributed by atoms with E-state index in [4.69, 9.17) is 9.84 Å². The van der Waals surface area contributed by atoms with Crippen LogP contribution in [0, 0.1) is 5.92 Å². The van der Waals surface area contributed by atoms with Crippen molar-refractivity contribution in [2.24, 2.45) is 5.92 Å². The number of likely N-dealkylation sites (N-methyl/N-ethyl adjacent to an activating group) is 1. The molecule has 0 aromatic heterocycles. The van der Waals surface area contributed by atoms with Gasteiger partial charge in [-0.1, -0.05) is 0 Å². The molecule has 0 aliphatic heterocycles. The lowest BCUT2D eigenvalue weighted by molar-refractivity contribution is 0.0277. The number of nitrogens with zero attached hydrogens (tertiary/aromatic N) is 1. The van der Waals surface area contributed by atoms with E-state index in [1.807, 2.05) is 0 Å². The van der Waals surface area contributed by atoms with Crippen LogP contribution in [0.15, 0.2) is 0 Å². The van der Waals surface area contributed by atoms with Crippen molar-refractivity contribution in [1.29, 1.82) is 0 Å². The molecule has 0 unspecified atom stereocenters. The van der Waals surface area contributed by atoms with Gasteiger partial charge in [0.25, 0.3) is 0 Å². The second kappa shape index (κ2) is 7.79. The molecule has 0 aromatic carbocycles. The number of nitrogens with one attached hydrogen (secondary N) is 1. The zero-order chi connectivity index (χ0) is 17.8. The van der Waals surface area contributed by atoms with E-state index in [0.717, 1.165) is 0 Å². The van der Waals surface area contributed by atoms with Crippen LogP contribution >= 0.6 is 0 Å². The van der Waals surface area contributed by atoms with Gasteiger partial charge < -0.3 is 20.1 Å². The number of halogens is 2. The molecular formula is C15H26F2N2O4. The highest BCUT2D eigenvalue weighted by atomic mass is 19.2. The number of carbonyl (C=O) groups is 2. The molecule has 0 bridgehead atoms. The maximum Gasteiger partial charge on any atom is 0.410 e. The normalized spacial score (nSPS) is 25.7. The molecular weight excluding hydrogens is 310 g/mol. The molecule has 134 valence electrons. The quantitative estimate of drug-likeness (QED) is 0.809. The SMILES string of the molecule is CN(C[C@H](C[C@H]1C[C@@H](F)[C@@H](F)C1)NC(=O)O)C(=O)OC(C)(C)C. The average Bonchev–Trinajstić information content (AvgIpc) is 2.64. The van der Waals surface area contributed by atoms with Gasteiger partial charge in [0, 0.05) is 13.6 Å². The fourth-order valence-corrected chi connectivity index (χ4v) is 2.72. The summed E-state index contributed by atoms with van der Waals surface area (Å²) >= 11 is 0. The molecule has 2 amide bonds. The van der Waals surface area contributed by atoms with Gasteiger partial charge in [0.1, 0.15) is 17.9 Å². The Morgan fingerprint density at radius 2 is 1.83 bits per heavy atom. The van der Waals surface area contributed by atoms with Gasteiger partial charge in [-0.15, -0.1) is 0 Å². The van der Waals surface area contributed by atoms with Crippen molar-refractivity contribution in [3.63, 3.8) is 0 Å². The van der Waals surface area contributed by atoms with Gasteiger partial charge >= 0.3 is 12.2 Å². The minimum atomic E-state index is -1.49. The third kappa shape index (κ3) is 7.00. The smallest absolute Gasteiger partial charge is 0.410 e. The predicted molar refractivity (Wildman–Crippen MR) is 80.9 cm³/mol. The van der Waals surface area contributed by atoms with Crippen molar-refractivity contribution >= 4 is 12.2 Å². The Bertz CT molecular complexity index is 418. The molecule has 1 aliphatic carbocycles. The number of hydrogen-bond donors (Lipinski definition) is 2. The van der Waals surface area contributed by atoms with Gasteiger partial charge in [0.2, 0.25) is 0 Å². The Balaban J connectivity index is 2.60. The number of rotatable bonds is 5. The molecule has 0 aromatic rings. The van der Waals surface area contributed by atoms with E-state index in [2.05, 4.69) is 5.32 Å². The summed E-state index contributed by atoms with van der Waals surface area (Å²) in [6.45, 7) is 5.26. The van der Waals surface area contributed by atoms with Crippen LogP contribution in [0.1, 0.15) is 40.0 Å². The number of ether oxygens (including phenoxy) is 1. The molecule has 1 rings (SSSR count). The van der Waals surface area contributed by atoms with E-state index in [-0.39, 0.29) is 31.7 Å². The zero-order valence-electron chi connectivity index (χ0n) is 14.0. The van der Waals surface area contributed by atoms with Gasteiger partial charge in [-0.2, -0.15) is 0 Å². The largest absolute Gasteiger partial charge is 0.465 e. The fourth-order valence-electron chi connectivity index (χ4n) is 2.72. The molecule has 4 atom stereocenters. The van der Waals surface area contributed by atoms with E-state index in [1.165, 1.54) is 11.9 Å². The van der Waals surface area contributed by atoms with Gasteiger partial charge in [0.05, 0.1) is 6.04 Å². The third-order valence-electron chi connectivity index (χ3n) is 3.65. The Hall–Kier alpha value is -1.60. The zero-order valence-corrected chi connectivity index (χ0v) is 14.0. The van der Waals surface area contributed by atoms with Gasteiger partial charge in [-0.3, -0.25) is 0 Å². The van der Waals surface area contributed by atoms with Crippen molar-refractivity contribution in [2.75, 3.05) is 13.6 Å². The van der Waals surface area contributed by atoms with Crippen molar-refractivity contribution in [2.45, 2.75) is 64.0 Å². The van der Waals surface area contributed by atoms with Gasteiger partial charge in [-0.05, 0) is 46.0 Å². The number of carbonyl (C=O) groups excluding carboxylic acids is 1. The first-order chi connectivity index (χ1) is 10.5. The van der Waals surface area contributed by atoms with E-state index in [0.29, 0.717) is 0 Å². The molecule has 23 heavy (non-hydrogen) atoms. The summed E-state index contributed by atoms with van der Waals surface area (Å²) in [5.41, 5.74) is -0.657. The lowest BCUT2D eigenvalue weighted by atomic mass is 9.98. The van der Waals surface area contributed by atoms with Crippen LogP contribution in [-0.2, 0) is 4.74 Å². The number of hydrogen-bond acceptors (Lipinski definition) is 3. The van der Waals surface area contributed by atoms with E-state index in [9.17, 15) is 18.4 Å². The van der Waals surface area contributed by atoms with E-state index < -0.39 is 36.2 Å². The molecule has 2 N–H and O–H groups in total. The Morgan fingerprint density at radius 1 is 1.30 bits per heavy atom. The topological polar surface area (TPSA) is 78.9 Å². The second-order valence-electron chi connectivity index (χ2n) is 7.11.